The minimum atomic E-state index is 0.485. The van der Waals surface area contributed by atoms with Crippen molar-refractivity contribution in [2.45, 2.75) is 13.0 Å². The third-order valence-electron chi connectivity index (χ3n) is 4.07. The predicted octanol–water partition coefficient (Wildman–Crippen LogP) is 1.94. The fourth-order valence-electron chi connectivity index (χ4n) is 2.68. The highest BCUT2D eigenvalue weighted by Crippen LogP contribution is 2.21. The maximum absolute atomic E-state index is 5.94. The van der Waals surface area contributed by atoms with Crippen LogP contribution in [0.5, 0.6) is 0 Å². The summed E-state index contributed by atoms with van der Waals surface area (Å²) in [5.41, 5.74) is 8.06. The summed E-state index contributed by atoms with van der Waals surface area (Å²) in [5, 5.41) is 6.21. The van der Waals surface area contributed by atoms with Crippen molar-refractivity contribution in [3.05, 3.63) is 40.7 Å². The molecule has 1 aromatic carbocycles. The molecule has 0 radical (unpaired) electrons. The molecule has 0 amide bonds. The van der Waals surface area contributed by atoms with Crippen LogP contribution in [0, 0.1) is 0 Å². The van der Waals surface area contributed by atoms with Crippen LogP contribution in [-0.4, -0.2) is 55.2 Å². The van der Waals surface area contributed by atoms with Gasteiger partial charge < -0.3 is 15.8 Å². The molecule has 1 aliphatic rings. The smallest absolute Gasteiger partial charge is 0.189 e. The van der Waals surface area contributed by atoms with E-state index in [4.69, 9.17) is 10.5 Å². The second kappa shape index (κ2) is 9.50. The van der Waals surface area contributed by atoms with Crippen LogP contribution in [0.25, 0.3) is 11.3 Å². The number of thiazole rings is 1. The first-order valence-corrected chi connectivity index (χ1v) is 9.53. The van der Waals surface area contributed by atoms with Gasteiger partial charge in [-0.1, -0.05) is 30.3 Å². The van der Waals surface area contributed by atoms with E-state index in [1.165, 1.54) is 0 Å². The summed E-state index contributed by atoms with van der Waals surface area (Å²) >= 11 is 1.61. The van der Waals surface area contributed by atoms with Crippen LogP contribution in [0.15, 0.2) is 40.7 Å². The number of benzene rings is 1. The summed E-state index contributed by atoms with van der Waals surface area (Å²) in [5.74, 6) is 0.485. The molecule has 0 saturated carbocycles. The molecule has 1 fully saturated rings. The fraction of sp³-hybridized carbons (Fsp3) is 0.444. The number of nitrogens with one attached hydrogen (secondary N) is 1. The number of hydrogen-bond donors (Lipinski definition) is 2. The van der Waals surface area contributed by atoms with E-state index in [0.717, 1.165) is 62.1 Å². The Kier molecular flexibility index (Phi) is 6.79. The molecule has 3 rings (SSSR count). The van der Waals surface area contributed by atoms with Gasteiger partial charge in [-0.25, -0.2) is 9.98 Å². The molecule has 3 N–H and O–H groups in total. The lowest BCUT2D eigenvalue weighted by Crippen LogP contribution is -2.39. The van der Waals surface area contributed by atoms with Gasteiger partial charge >= 0.3 is 0 Å². The number of morpholine rings is 1. The van der Waals surface area contributed by atoms with E-state index in [9.17, 15) is 0 Å². The maximum atomic E-state index is 5.94. The normalized spacial score (nSPS) is 16.1. The largest absolute Gasteiger partial charge is 0.379 e. The highest BCUT2D eigenvalue weighted by molar-refractivity contribution is 7.09. The summed E-state index contributed by atoms with van der Waals surface area (Å²) < 4.78 is 5.35. The lowest BCUT2D eigenvalue weighted by atomic mass is 10.2. The van der Waals surface area contributed by atoms with Gasteiger partial charge in [-0.3, -0.25) is 4.90 Å². The number of guanidine groups is 1. The molecule has 6 nitrogen and oxygen atoms in total. The van der Waals surface area contributed by atoms with Crippen molar-refractivity contribution in [2.24, 2.45) is 10.7 Å². The Hall–Kier alpha value is -1.96. The van der Waals surface area contributed by atoms with Crippen LogP contribution in [0.4, 0.5) is 0 Å². The Morgan fingerprint density at radius 3 is 2.88 bits per heavy atom. The van der Waals surface area contributed by atoms with Crippen LogP contribution in [-0.2, 0) is 11.3 Å². The molecule has 0 aliphatic carbocycles. The Bertz CT molecular complexity index is 667. The molecule has 25 heavy (non-hydrogen) atoms. The van der Waals surface area contributed by atoms with E-state index in [1.54, 1.807) is 11.3 Å². The van der Waals surface area contributed by atoms with E-state index >= 15 is 0 Å². The molecule has 1 aromatic heterocycles. The number of nitrogens with two attached hydrogens (primary N) is 1. The summed E-state index contributed by atoms with van der Waals surface area (Å²) in [6, 6.07) is 10.2. The molecule has 134 valence electrons. The summed E-state index contributed by atoms with van der Waals surface area (Å²) in [7, 11) is 0. The Morgan fingerprint density at radius 1 is 1.28 bits per heavy atom. The Labute approximate surface area is 152 Å². The van der Waals surface area contributed by atoms with Crippen molar-refractivity contribution in [3.8, 4) is 11.3 Å². The minimum absolute atomic E-state index is 0.485. The molecular weight excluding hydrogens is 334 g/mol. The van der Waals surface area contributed by atoms with Gasteiger partial charge in [-0.2, -0.15) is 0 Å². The van der Waals surface area contributed by atoms with Gasteiger partial charge in [0, 0.05) is 30.6 Å². The highest BCUT2D eigenvalue weighted by atomic mass is 32.1. The second-order valence-corrected chi connectivity index (χ2v) is 6.87. The van der Waals surface area contributed by atoms with Crippen LogP contribution in [0.2, 0.25) is 0 Å². The van der Waals surface area contributed by atoms with Crippen molar-refractivity contribution >= 4 is 17.3 Å². The van der Waals surface area contributed by atoms with Gasteiger partial charge in [0.15, 0.2) is 5.96 Å². The average molecular weight is 359 g/mol. The predicted molar refractivity (Wildman–Crippen MR) is 103 cm³/mol. The molecule has 7 heteroatoms. The zero-order chi connectivity index (χ0) is 17.3. The van der Waals surface area contributed by atoms with Crippen LogP contribution in [0.1, 0.15) is 11.4 Å². The van der Waals surface area contributed by atoms with E-state index < -0.39 is 0 Å². The molecule has 2 heterocycles. The number of nitrogens with zero attached hydrogens (tertiary/aromatic N) is 3. The number of ether oxygens (including phenoxy) is 1. The second-order valence-electron chi connectivity index (χ2n) is 5.93. The number of aliphatic imine (C=N–C) groups is 1. The maximum Gasteiger partial charge on any atom is 0.189 e. The van der Waals surface area contributed by atoms with Crippen molar-refractivity contribution in [2.75, 3.05) is 39.4 Å². The van der Waals surface area contributed by atoms with Gasteiger partial charge in [0.05, 0.1) is 25.5 Å². The Morgan fingerprint density at radius 2 is 2.08 bits per heavy atom. The quantitative estimate of drug-likeness (QED) is 0.449. The standard InChI is InChI=1S/C18H25N5OS/c19-18(20-7-4-8-23-9-11-24-12-10-23)21-13-17-22-16(14-25-17)15-5-2-1-3-6-15/h1-3,5-6,14H,4,7-13H2,(H3,19,20,21). The molecule has 0 unspecified atom stereocenters. The van der Waals surface area contributed by atoms with Crippen molar-refractivity contribution in [1.29, 1.82) is 0 Å². The van der Waals surface area contributed by atoms with Crippen LogP contribution >= 0.6 is 11.3 Å². The highest BCUT2D eigenvalue weighted by Gasteiger charge is 2.09. The van der Waals surface area contributed by atoms with Gasteiger partial charge in [-0.15, -0.1) is 11.3 Å². The van der Waals surface area contributed by atoms with Gasteiger partial charge in [0.25, 0.3) is 0 Å². The van der Waals surface area contributed by atoms with E-state index in [2.05, 4.69) is 37.7 Å². The number of hydrogen-bond acceptors (Lipinski definition) is 5. The summed E-state index contributed by atoms with van der Waals surface area (Å²) in [6.07, 6.45) is 1.05. The minimum Gasteiger partial charge on any atom is -0.379 e. The monoisotopic (exact) mass is 359 g/mol. The molecule has 1 aliphatic heterocycles. The first kappa shape index (κ1) is 17.8. The van der Waals surface area contributed by atoms with E-state index in [0.29, 0.717) is 12.5 Å². The summed E-state index contributed by atoms with van der Waals surface area (Å²) in [4.78, 5) is 11.4. The number of aromatic nitrogens is 1. The van der Waals surface area contributed by atoms with E-state index in [1.807, 2.05) is 18.2 Å². The zero-order valence-corrected chi connectivity index (χ0v) is 15.2. The lowest BCUT2D eigenvalue weighted by Gasteiger charge is -2.26. The Balaban J connectivity index is 1.38. The molecular formula is C18H25N5OS. The van der Waals surface area contributed by atoms with Crippen molar-refractivity contribution < 1.29 is 4.74 Å². The van der Waals surface area contributed by atoms with Gasteiger partial charge in [0.1, 0.15) is 5.01 Å². The van der Waals surface area contributed by atoms with E-state index in [-0.39, 0.29) is 0 Å². The first-order valence-electron chi connectivity index (χ1n) is 8.65. The molecule has 1 saturated heterocycles. The average Bonchev–Trinajstić information content (AvgIpc) is 3.14. The third kappa shape index (κ3) is 5.81. The topological polar surface area (TPSA) is 75.8 Å². The SMILES string of the molecule is NC(=NCc1nc(-c2ccccc2)cs1)NCCCN1CCOCC1. The van der Waals surface area contributed by atoms with Crippen LogP contribution < -0.4 is 11.1 Å². The molecule has 2 aromatic rings. The third-order valence-corrected chi connectivity index (χ3v) is 4.90. The fourth-order valence-corrected chi connectivity index (χ4v) is 3.40. The van der Waals surface area contributed by atoms with Crippen molar-refractivity contribution in [3.63, 3.8) is 0 Å². The summed E-state index contributed by atoms with van der Waals surface area (Å²) in [6.45, 7) is 6.15. The number of rotatable bonds is 7. The molecule has 0 atom stereocenters. The molecule has 0 bridgehead atoms. The molecule has 0 spiro atoms. The zero-order valence-electron chi connectivity index (χ0n) is 14.4. The van der Waals surface area contributed by atoms with Gasteiger partial charge in [0.2, 0.25) is 0 Å². The van der Waals surface area contributed by atoms with Crippen LogP contribution in [0.3, 0.4) is 0 Å². The lowest BCUT2D eigenvalue weighted by molar-refractivity contribution is 0.0376. The van der Waals surface area contributed by atoms with Crippen molar-refractivity contribution in [1.82, 2.24) is 15.2 Å². The first-order chi connectivity index (χ1) is 12.3. The van der Waals surface area contributed by atoms with Gasteiger partial charge in [-0.05, 0) is 13.0 Å².